The number of benzene rings is 1. The van der Waals surface area contributed by atoms with E-state index in [1.54, 1.807) is 19.1 Å². The van der Waals surface area contributed by atoms with E-state index in [4.69, 9.17) is 4.42 Å². The third-order valence-corrected chi connectivity index (χ3v) is 3.87. The van der Waals surface area contributed by atoms with Crippen molar-refractivity contribution in [1.82, 2.24) is 10.3 Å². The molecule has 1 heterocycles. The number of rotatable bonds is 6. The van der Waals surface area contributed by atoms with E-state index in [0.717, 1.165) is 0 Å². The molecule has 0 radical (unpaired) electrons. The van der Waals surface area contributed by atoms with Crippen LogP contribution in [0.25, 0.3) is 11.5 Å². The summed E-state index contributed by atoms with van der Waals surface area (Å²) in [7, 11) is 0. The Morgan fingerprint density at radius 2 is 2.04 bits per heavy atom. The average molecular weight is 320 g/mol. The van der Waals surface area contributed by atoms with Gasteiger partial charge in [-0.3, -0.25) is 4.79 Å². The summed E-state index contributed by atoms with van der Waals surface area (Å²) in [5.41, 5.74) is 0.158. The third kappa shape index (κ3) is 4.63. The number of aromatic nitrogens is 1. The van der Waals surface area contributed by atoms with Gasteiger partial charge >= 0.3 is 0 Å². The Labute approximate surface area is 134 Å². The van der Waals surface area contributed by atoms with E-state index < -0.39 is 5.60 Å². The van der Waals surface area contributed by atoms with Crippen molar-refractivity contribution < 1.29 is 18.7 Å². The first kappa shape index (κ1) is 17.1. The Hall–Kier alpha value is -2.21. The van der Waals surface area contributed by atoms with Crippen LogP contribution in [-0.4, -0.2) is 28.1 Å². The lowest BCUT2D eigenvalue weighted by molar-refractivity contribution is -0.122. The van der Waals surface area contributed by atoms with Gasteiger partial charge in [-0.2, -0.15) is 0 Å². The minimum Gasteiger partial charge on any atom is -0.444 e. The van der Waals surface area contributed by atoms with Crippen molar-refractivity contribution in [3.63, 3.8) is 0 Å². The van der Waals surface area contributed by atoms with Gasteiger partial charge in [0.25, 0.3) is 0 Å². The van der Waals surface area contributed by atoms with E-state index >= 15 is 0 Å². The molecule has 0 fully saturated rings. The molecule has 2 N–H and O–H groups in total. The topological polar surface area (TPSA) is 75.4 Å². The van der Waals surface area contributed by atoms with E-state index in [1.165, 1.54) is 18.4 Å². The third-order valence-electron chi connectivity index (χ3n) is 3.87. The summed E-state index contributed by atoms with van der Waals surface area (Å²) in [4.78, 5) is 16.1. The fourth-order valence-electron chi connectivity index (χ4n) is 1.82. The molecule has 23 heavy (non-hydrogen) atoms. The van der Waals surface area contributed by atoms with E-state index in [9.17, 15) is 14.3 Å². The number of hydrogen-bond donors (Lipinski definition) is 2. The number of nitrogens with one attached hydrogen (secondary N) is 1. The summed E-state index contributed by atoms with van der Waals surface area (Å²) < 4.78 is 18.2. The summed E-state index contributed by atoms with van der Waals surface area (Å²) in [6, 6.07) is 5.76. The maximum atomic E-state index is 12.9. The molecular formula is C17H21FN2O3. The lowest BCUT2D eigenvalue weighted by Crippen LogP contribution is -2.44. The monoisotopic (exact) mass is 320 g/mol. The first-order valence-corrected chi connectivity index (χ1v) is 7.47. The molecule has 1 aromatic heterocycles. The van der Waals surface area contributed by atoms with Crippen LogP contribution in [0.2, 0.25) is 0 Å². The lowest BCUT2D eigenvalue weighted by Gasteiger charge is -2.27. The normalized spacial score (nSPS) is 13.8. The van der Waals surface area contributed by atoms with Crippen LogP contribution in [0.15, 0.2) is 34.9 Å². The van der Waals surface area contributed by atoms with Crippen molar-refractivity contribution in [1.29, 1.82) is 0 Å². The molecule has 2 rings (SSSR count). The zero-order valence-corrected chi connectivity index (χ0v) is 13.5. The molecule has 0 aliphatic carbocycles. The van der Waals surface area contributed by atoms with Gasteiger partial charge in [0.1, 0.15) is 12.1 Å². The number of hydrogen-bond acceptors (Lipinski definition) is 4. The standard InChI is InChI=1S/C17H21FN2O3/c1-11(2)17(3,22)10-19-15(21)8-14-9-23-16(20-14)12-4-6-13(18)7-5-12/h4-7,9,11,22H,8,10H2,1-3H3,(H,19,21). The first-order valence-electron chi connectivity index (χ1n) is 7.47. The maximum Gasteiger partial charge on any atom is 0.226 e. The molecule has 0 saturated carbocycles. The second kappa shape index (κ2) is 6.91. The second-order valence-electron chi connectivity index (χ2n) is 6.12. The first-order chi connectivity index (χ1) is 10.8. The van der Waals surface area contributed by atoms with Crippen LogP contribution in [0.4, 0.5) is 4.39 Å². The van der Waals surface area contributed by atoms with Crippen LogP contribution in [-0.2, 0) is 11.2 Å². The Morgan fingerprint density at radius 1 is 1.39 bits per heavy atom. The molecule has 124 valence electrons. The number of aliphatic hydroxyl groups is 1. The van der Waals surface area contributed by atoms with Gasteiger partial charge in [0.2, 0.25) is 11.8 Å². The van der Waals surface area contributed by atoms with Crippen LogP contribution >= 0.6 is 0 Å². The second-order valence-corrected chi connectivity index (χ2v) is 6.12. The summed E-state index contributed by atoms with van der Waals surface area (Å²) in [5, 5.41) is 12.8. The van der Waals surface area contributed by atoms with E-state index in [1.807, 2.05) is 13.8 Å². The molecule has 1 atom stereocenters. The number of amides is 1. The predicted molar refractivity (Wildman–Crippen MR) is 84.1 cm³/mol. The molecule has 1 amide bonds. The highest BCUT2D eigenvalue weighted by Crippen LogP contribution is 2.19. The van der Waals surface area contributed by atoms with Gasteiger partial charge in [-0.15, -0.1) is 0 Å². The summed E-state index contributed by atoms with van der Waals surface area (Å²) in [6.07, 6.45) is 1.46. The van der Waals surface area contributed by atoms with Crippen molar-refractivity contribution in [3.05, 3.63) is 42.0 Å². The smallest absolute Gasteiger partial charge is 0.226 e. The molecule has 1 unspecified atom stereocenters. The van der Waals surface area contributed by atoms with Crippen molar-refractivity contribution in [2.24, 2.45) is 5.92 Å². The molecule has 1 aromatic carbocycles. The maximum absolute atomic E-state index is 12.9. The van der Waals surface area contributed by atoms with Crippen molar-refractivity contribution >= 4 is 5.91 Å². The number of halogens is 1. The zero-order chi connectivity index (χ0) is 17.0. The van der Waals surface area contributed by atoms with Crippen LogP contribution in [0.3, 0.4) is 0 Å². The lowest BCUT2D eigenvalue weighted by atomic mass is 9.92. The van der Waals surface area contributed by atoms with Gasteiger partial charge < -0.3 is 14.8 Å². The SMILES string of the molecule is CC(C)C(C)(O)CNC(=O)Cc1coc(-c2ccc(F)cc2)n1. The number of carbonyl (C=O) groups is 1. The summed E-state index contributed by atoms with van der Waals surface area (Å²) in [5.74, 6) is -0.219. The Morgan fingerprint density at radius 3 is 2.65 bits per heavy atom. The highest BCUT2D eigenvalue weighted by molar-refractivity contribution is 5.78. The number of carbonyl (C=O) groups excluding carboxylic acids is 1. The zero-order valence-electron chi connectivity index (χ0n) is 13.5. The van der Waals surface area contributed by atoms with Gasteiger partial charge in [-0.05, 0) is 37.1 Å². The largest absolute Gasteiger partial charge is 0.444 e. The van der Waals surface area contributed by atoms with Crippen LogP contribution < -0.4 is 5.32 Å². The van der Waals surface area contributed by atoms with Gasteiger partial charge in [-0.1, -0.05) is 13.8 Å². The van der Waals surface area contributed by atoms with Gasteiger partial charge in [-0.25, -0.2) is 9.37 Å². The summed E-state index contributed by atoms with van der Waals surface area (Å²) >= 11 is 0. The molecule has 0 aliphatic heterocycles. The highest BCUT2D eigenvalue weighted by Gasteiger charge is 2.25. The highest BCUT2D eigenvalue weighted by atomic mass is 19.1. The Bertz CT molecular complexity index is 663. The molecule has 5 nitrogen and oxygen atoms in total. The molecular weight excluding hydrogens is 299 g/mol. The van der Waals surface area contributed by atoms with Gasteiger partial charge in [0, 0.05) is 12.1 Å². The van der Waals surface area contributed by atoms with Crippen LogP contribution in [0, 0.1) is 11.7 Å². The van der Waals surface area contributed by atoms with E-state index in [-0.39, 0.29) is 30.6 Å². The molecule has 0 bridgehead atoms. The average Bonchev–Trinajstić information content (AvgIpc) is 2.94. The quantitative estimate of drug-likeness (QED) is 0.858. The van der Waals surface area contributed by atoms with Crippen molar-refractivity contribution in [2.75, 3.05) is 6.54 Å². The number of oxazole rings is 1. The molecule has 2 aromatic rings. The summed E-state index contributed by atoms with van der Waals surface area (Å²) in [6.45, 7) is 5.63. The molecule has 0 aliphatic rings. The number of nitrogens with zero attached hydrogens (tertiary/aromatic N) is 1. The van der Waals surface area contributed by atoms with Gasteiger partial charge in [0.05, 0.1) is 17.7 Å². The van der Waals surface area contributed by atoms with Crippen molar-refractivity contribution in [3.8, 4) is 11.5 Å². The van der Waals surface area contributed by atoms with Crippen LogP contribution in [0.5, 0.6) is 0 Å². The minimum atomic E-state index is -0.960. The minimum absolute atomic E-state index is 0.0277. The molecule has 6 heteroatoms. The van der Waals surface area contributed by atoms with Gasteiger partial charge in [0.15, 0.2) is 0 Å². The fourth-order valence-corrected chi connectivity index (χ4v) is 1.82. The van der Waals surface area contributed by atoms with E-state index in [2.05, 4.69) is 10.3 Å². The van der Waals surface area contributed by atoms with Crippen molar-refractivity contribution in [2.45, 2.75) is 32.8 Å². The van der Waals surface area contributed by atoms with Crippen LogP contribution in [0.1, 0.15) is 26.5 Å². The predicted octanol–water partition coefficient (Wildman–Crippen LogP) is 2.55. The Kier molecular flexibility index (Phi) is 5.15. The van der Waals surface area contributed by atoms with E-state index in [0.29, 0.717) is 17.1 Å². The molecule has 0 saturated heterocycles. The fraction of sp³-hybridized carbons (Fsp3) is 0.412. The Balaban J connectivity index is 1.94. The molecule has 0 spiro atoms.